The molecule has 82 valence electrons. The molecule has 3 aromatic rings. The smallest absolute Gasteiger partial charge is 0.122 e. The summed E-state index contributed by atoms with van der Waals surface area (Å²) in [4.78, 5) is 2.43. The van der Waals surface area contributed by atoms with Crippen LogP contribution in [0.25, 0.3) is 15.3 Å². The Morgan fingerprint density at radius 2 is 2.06 bits per heavy atom. The van der Waals surface area contributed by atoms with Crippen molar-refractivity contribution in [1.82, 2.24) is 19.4 Å². The lowest BCUT2D eigenvalue weighted by Gasteiger charge is -1.89. The first-order valence-electron chi connectivity index (χ1n) is 5.09. The second-order valence-electron chi connectivity index (χ2n) is 3.97. The fourth-order valence-electron chi connectivity index (χ4n) is 1.86. The Morgan fingerprint density at radius 1 is 1.25 bits per heavy atom. The summed E-state index contributed by atoms with van der Waals surface area (Å²) in [5.41, 5.74) is 3.47. The van der Waals surface area contributed by atoms with Crippen LogP contribution in [-0.2, 0) is 7.05 Å². The van der Waals surface area contributed by atoms with Crippen molar-refractivity contribution in [2.24, 2.45) is 7.05 Å². The fraction of sp³-hybridized carbons (Fsp3) is 0.273. The lowest BCUT2D eigenvalue weighted by Crippen LogP contribution is -1.86. The molecular formula is C11H12N4S. The number of fused-ring (bicyclic) bond motifs is 1. The van der Waals surface area contributed by atoms with Crippen molar-refractivity contribution in [3.05, 3.63) is 29.8 Å². The van der Waals surface area contributed by atoms with Crippen LogP contribution in [-0.4, -0.2) is 19.4 Å². The van der Waals surface area contributed by atoms with Gasteiger partial charge in [-0.05, 0) is 13.8 Å². The lowest BCUT2D eigenvalue weighted by atomic mass is 10.2. The third-order valence-electron chi connectivity index (χ3n) is 2.65. The highest BCUT2D eigenvalue weighted by molar-refractivity contribution is 7.20. The zero-order valence-corrected chi connectivity index (χ0v) is 10.2. The van der Waals surface area contributed by atoms with Crippen molar-refractivity contribution in [2.45, 2.75) is 13.8 Å². The van der Waals surface area contributed by atoms with E-state index in [1.165, 1.54) is 20.8 Å². The minimum atomic E-state index is 1.06. The summed E-state index contributed by atoms with van der Waals surface area (Å²) in [7, 11) is 1.94. The van der Waals surface area contributed by atoms with Gasteiger partial charge in [0.05, 0.1) is 16.8 Å². The first kappa shape index (κ1) is 9.59. The zero-order chi connectivity index (χ0) is 11.3. The monoisotopic (exact) mass is 232 g/mol. The van der Waals surface area contributed by atoms with Crippen LogP contribution in [0, 0.1) is 13.8 Å². The lowest BCUT2D eigenvalue weighted by molar-refractivity contribution is 0.756. The summed E-state index contributed by atoms with van der Waals surface area (Å²) in [6, 6.07) is 0. The van der Waals surface area contributed by atoms with E-state index < -0.39 is 0 Å². The standard InChI is InChI=1S/C11H12N4S/c1-7-4-12-15-6-10(16-11(7)15)9-5-14(3)13-8(9)2/h4-6H,1-3H3. The Labute approximate surface area is 97.1 Å². The fourth-order valence-corrected chi connectivity index (χ4v) is 2.94. The van der Waals surface area contributed by atoms with E-state index in [9.17, 15) is 0 Å². The Morgan fingerprint density at radius 3 is 2.69 bits per heavy atom. The molecule has 0 radical (unpaired) electrons. The topological polar surface area (TPSA) is 35.1 Å². The van der Waals surface area contributed by atoms with Crippen molar-refractivity contribution in [3.63, 3.8) is 0 Å². The van der Waals surface area contributed by atoms with Crippen LogP contribution >= 0.6 is 11.3 Å². The molecule has 0 bridgehead atoms. The number of aryl methyl sites for hydroxylation is 3. The Hall–Kier alpha value is -1.62. The van der Waals surface area contributed by atoms with Crippen LogP contribution in [0.5, 0.6) is 0 Å². The molecule has 0 fully saturated rings. The van der Waals surface area contributed by atoms with Gasteiger partial charge in [-0.25, -0.2) is 4.52 Å². The summed E-state index contributed by atoms with van der Waals surface area (Å²) in [5.74, 6) is 0. The first-order valence-corrected chi connectivity index (χ1v) is 5.91. The van der Waals surface area contributed by atoms with Crippen LogP contribution in [0.15, 0.2) is 18.6 Å². The Bertz CT molecular complexity index is 659. The zero-order valence-electron chi connectivity index (χ0n) is 9.43. The van der Waals surface area contributed by atoms with Crippen LogP contribution in [0.4, 0.5) is 0 Å². The van der Waals surface area contributed by atoms with Gasteiger partial charge in [0.25, 0.3) is 0 Å². The number of hydrogen-bond donors (Lipinski definition) is 0. The third-order valence-corrected chi connectivity index (χ3v) is 3.89. The molecule has 0 N–H and O–H groups in total. The maximum atomic E-state index is 4.36. The molecule has 5 heteroatoms. The summed E-state index contributed by atoms with van der Waals surface area (Å²) in [6.07, 6.45) is 6.01. The predicted molar refractivity (Wildman–Crippen MR) is 64.7 cm³/mol. The van der Waals surface area contributed by atoms with Crippen molar-refractivity contribution < 1.29 is 0 Å². The van der Waals surface area contributed by atoms with Gasteiger partial charge in [0.1, 0.15) is 4.83 Å². The van der Waals surface area contributed by atoms with Crippen molar-refractivity contribution >= 4 is 16.2 Å². The molecule has 0 saturated heterocycles. The Kier molecular flexibility index (Phi) is 1.91. The second kappa shape index (κ2) is 3.18. The molecule has 4 nitrogen and oxygen atoms in total. The number of rotatable bonds is 1. The van der Waals surface area contributed by atoms with E-state index in [0.29, 0.717) is 0 Å². The Balaban J connectivity index is 2.22. The molecule has 0 aliphatic carbocycles. The molecule has 0 saturated carbocycles. The van der Waals surface area contributed by atoms with E-state index in [0.717, 1.165) is 5.69 Å². The van der Waals surface area contributed by atoms with E-state index in [-0.39, 0.29) is 0 Å². The van der Waals surface area contributed by atoms with Gasteiger partial charge in [0, 0.05) is 30.6 Å². The SMILES string of the molecule is Cc1nn(C)cc1-c1cn2ncc(C)c2s1. The quantitative estimate of drug-likeness (QED) is 0.646. The molecule has 0 spiro atoms. The molecule has 0 aliphatic rings. The van der Waals surface area contributed by atoms with Gasteiger partial charge < -0.3 is 0 Å². The van der Waals surface area contributed by atoms with E-state index in [1.54, 1.807) is 11.3 Å². The average Bonchev–Trinajstić information content (AvgIpc) is 2.84. The summed E-state index contributed by atoms with van der Waals surface area (Å²) in [5, 5.41) is 8.66. The van der Waals surface area contributed by atoms with Crippen LogP contribution < -0.4 is 0 Å². The van der Waals surface area contributed by atoms with Gasteiger partial charge >= 0.3 is 0 Å². The molecule has 3 aromatic heterocycles. The van der Waals surface area contributed by atoms with Crippen molar-refractivity contribution in [2.75, 3.05) is 0 Å². The van der Waals surface area contributed by atoms with Gasteiger partial charge in [-0.1, -0.05) is 0 Å². The number of hydrogen-bond acceptors (Lipinski definition) is 3. The molecule has 0 unspecified atom stereocenters. The van der Waals surface area contributed by atoms with Gasteiger partial charge in [0.15, 0.2) is 0 Å². The van der Waals surface area contributed by atoms with Gasteiger partial charge in [0.2, 0.25) is 0 Å². The molecule has 16 heavy (non-hydrogen) atoms. The highest BCUT2D eigenvalue weighted by Crippen LogP contribution is 2.31. The molecule has 0 aliphatic heterocycles. The highest BCUT2D eigenvalue weighted by atomic mass is 32.1. The molecule has 3 heterocycles. The number of aromatic nitrogens is 4. The van der Waals surface area contributed by atoms with E-state index >= 15 is 0 Å². The number of thiazole rings is 1. The maximum Gasteiger partial charge on any atom is 0.122 e. The third kappa shape index (κ3) is 1.28. The highest BCUT2D eigenvalue weighted by Gasteiger charge is 2.11. The van der Waals surface area contributed by atoms with Gasteiger partial charge in [-0.3, -0.25) is 4.68 Å². The largest absolute Gasteiger partial charge is 0.275 e. The van der Waals surface area contributed by atoms with E-state index in [2.05, 4.69) is 29.5 Å². The molecule has 0 aromatic carbocycles. The minimum absolute atomic E-state index is 1.06. The summed E-state index contributed by atoms with van der Waals surface area (Å²) >= 11 is 1.76. The van der Waals surface area contributed by atoms with Crippen molar-refractivity contribution in [3.8, 4) is 10.4 Å². The minimum Gasteiger partial charge on any atom is -0.275 e. The molecule has 0 atom stereocenters. The van der Waals surface area contributed by atoms with Crippen LogP contribution in [0.2, 0.25) is 0 Å². The normalized spacial score (nSPS) is 11.4. The van der Waals surface area contributed by atoms with E-state index in [4.69, 9.17) is 0 Å². The molecule has 3 rings (SSSR count). The van der Waals surface area contributed by atoms with Gasteiger partial charge in [-0.2, -0.15) is 10.2 Å². The first-order chi connectivity index (χ1) is 7.65. The second-order valence-corrected chi connectivity index (χ2v) is 5.01. The average molecular weight is 232 g/mol. The predicted octanol–water partition coefficient (Wildman–Crippen LogP) is 2.41. The summed E-state index contributed by atoms with van der Waals surface area (Å²) < 4.78 is 3.78. The maximum absolute atomic E-state index is 4.36. The number of nitrogens with zero attached hydrogens (tertiary/aromatic N) is 4. The van der Waals surface area contributed by atoms with Gasteiger partial charge in [-0.15, -0.1) is 11.3 Å². The molecule has 0 amide bonds. The van der Waals surface area contributed by atoms with Crippen molar-refractivity contribution in [1.29, 1.82) is 0 Å². The van der Waals surface area contributed by atoms with Crippen LogP contribution in [0.1, 0.15) is 11.3 Å². The summed E-state index contributed by atoms with van der Waals surface area (Å²) in [6.45, 7) is 4.11. The molecular weight excluding hydrogens is 220 g/mol. The van der Waals surface area contributed by atoms with E-state index in [1.807, 2.05) is 29.4 Å². The van der Waals surface area contributed by atoms with Crippen LogP contribution in [0.3, 0.4) is 0 Å².